The number of allylic oxidation sites excluding steroid dienone is 1. The van der Waals surface area contributed by atoms with Crippen molar-refractivity contribution in [1.29, 1.82) is 0 Å². The number of aromatic nitrogens is 2. The van der Waals surface area contributed by atoms with E-state index in [0.717, 1.165) is 10.1 Å². The fraction of sp³-hybridized carbons (Fsp3) is 0.188. The average Bonchev–Trinajstić information content (AvgIpc) is 3.01. The molecule has 2 aromatic rings. The molecule has 124 valence electrons. The quantitative estimate of drug-likeness (QED) is 0.731. The molecule has 2 heterocycles. The van der Waals surface area contributed by atoms with E-state index < -0.39 is 17.1 Å². The number of rotatable bonds is 4. The number of halogens is 1. The lowest BCUT2D eigenvalue weighted by Crippen LogP contribution is -2.33. The third-order valence-corrected chi connectivity index (χ3v) is 4.05. The molecule has 1 aliphatic rings. The van der Waals surface area contributed by atoms with Gasteiger partial charge < -0.3 is 10.5 Å². The summed E-state index contributed by atoms with van der Waals surface area (Å²) in [7, 11) is 0. The largest absolute Gasteiger partial charge is 0.494 e. The van der Waals surface area contributed by atoms with Crippen LogP contribution in [0.4, 0.5) is 0 Å². The van der Waals surface area contributed by atoms with Crippen molar-refractivity contribution in [2.45, 2.75) is 19.0 Å². The number of aromatic amines is 1. The number of hydrogen-bond donors (Lipinski definition) is 3. The fourth-order valence-electron chi connectivity index (χ4n) is 2.60. The fourth-order valence-corrected chi connectivity index (χ4v) is 2.73. The van der Waals surface area contributed by atoms with E-state index in [-0.39, 0.29) is 18.2 Å². The van der Waals surface area contributed by atoms with Gasteiger partial charge in [0.2, 0.25) is 5.88 Å². The van der Waals surface area contributed by atoms with Crippen LogP contribution in [0.25, 0.3) is 0 Å². The van der Waals surface area contributed by atoms with Crippen LogP contribution in [0.5, 0.6) is 5.88 Å². The minimum absolute atomic E-state index is 0.0135. The molecule has 24 heavy (non-hydrogen) atoms. The Morgan fingerprint density at radius 2 is 2.08 bits per heavy atom. The number of hydrogen-bond acceptors (Lipinski definition) is 5. The molecule has 0 fully saturated rings. The molecule has 7 nitrogen and oxygen atoms in total. The van der Waals surface area contributed by atoms with Crippen LogP contribution in [0.3, 0.4) is 0 Å². The van der Waals surface area contributed by atoms with Crippen LogP contribution in [0.15, 0.2) is 51.6 Å². The van der Waals surface area contributed by atoms with E-state index >= 15 is 0 Å². The molecule has 0 spiro atoms. The molecule has 1 aromatic heterocycles. The lowest BCUT2D eigenvalue weighted by Gasteiger charge is -2.11. The van der Waals surface area contributed by atoms with Crippen LogP contribution in [-0.4, -0.2) is 20.4 Å². The Labute approximate surface area is 141 Å². The molecular weight excluding hydrogens is 332 g/mol. The maximum absolute atomic E-state index is 12.1. The molecule has 0 amide bonds. The highest BCUT2D eigenvalue weighted by Crippen LogP contribution is 2.26. The maximum Gasteiger partial charge on any atom is 0.331 e. The zero-order valence-electron chi connectivity index (χ0n) is 12.6. The van der Waals surface area contributed by atoms with E-state index in [1.165, 1.54) is 6.08 Å². The maximum atomic E-state index is 12.1. The van der Waals surface area contributed by atoms with Gasteiger partial charge in [-0.3, -0.25) is 14.3 Å². The SMILES string of the molecule is C=CCn1c(O)c(C2=NN[C@H](c3ccc(Cl)cc3)C2)c(=O)[nH]c1=O. The van der Waals surface area contributed by atoms with Gasteiger partial charge in [0.05, 0.1) is 11.8 Å². The van der Waals surface area contributed by atoms with E-state index in [4.69, 9.17) is 11.6 Å². The molecule has 0 radical (unpaired) electrons. The highest BCUT2D eigenvalue weighted by atomic mass is 35.5. The summed E-state index contributed by atoms with van der Waals surface area (Å²) in [6, 6.07) is 7.12. The van der Waals surface area contributed by atoms with Crippen molar-refractivity contribution in [3.05, 3.63) is 73.9 Å². The third-order valence-electron chi connectivity index (χ3n) is 3.80. The summed E-state index contributed by atoms with van der Waals surface area (Å²) in [6.45, 7) is 3.61. The normalized spacial score (nSPS) is 16.5. The molecule has 0 aliphatic carbocycles. The van der Waals surface area contributed by atoms with Gasteiger partial charge in [0.25, 0.3) is 5.56 Å². The summed E-state index contributed by atoms with van der Waals surface area (Å²) in [5.41, 5.74) is 2.89. The van der Waals surface area contributed by atoms with Gasteiger partial charge in [0.15, 0.2) is 0 Å². The summed E-state index contributed by atoms with van der Waals surface area (Å²) in [4.78, 5) is 26.1. The highest BCUT2D eigenvalue weighted by Gasteiger charge is 2.27. The third kappa shape index (κ3) is 2.85. The average molecular weight is 347 g/mol. The Bertz CT molecular complexity index is 928. The highest BCUT2D eigenvalue weighted by molar-refractivity contribution is 6.30. The van der Waals surface area contributed by atoms with Gasteiger partial charge in [0.1, 0.15) is 5.56 Å². The Morgan fingerprint density at radius 1 is 1.38 bits per heavy atom. The number of nitrogens with zero attached hydrogens (tertiary/aromatic N) is 2. The molecule has 3 rings (SSSR count). The first-order chi connectivity index (χ1) is 11.5. The van der Waals surface area contributed by atoms with Crippen molar-refractivity contribution in [3.8, 4) is 5.88 Å². The Balaban J connectivity index is 1.95. The monoisotopic (exact) mass is 346 g/mol. The smallest absolute Gasteiger partial charge is 0.331 e. The Hall–Kier alpha value is -2.80. The molecule has 0 bridgehead atoms. The van der Waals surface area contributed by atoms with Crippen molar-refractivity contribution >= 4 is 17.3 Å². The molecular formula is C16H15ClN4O3. The van der Waals surface area contributed by atoms with Crippen molar-refractivity contribution < 1.29 is 5.11 Å². The Kier molecular flexibility index (Phi) is 4.26. The van der Waals surface area contributed by atoms with Gasteiger partial charge in [-0.25, -0.2) is 4.79 Å². The lowest BCUT2D eigenvalue weighted by atomic mass is 10.00. The summed E-state index contributed by atoms with van der Waals surface area (Å²) >= 11 is 5.88. The van der Waals surface area contributed by atoms with Crippen molar-refractivity contribution in [1.82, 2.24) is 15.0 Å². The van der Waals surface area contributed by atoms with Crippen LogP contribution in [-0.2, 0) is 6.54 Å². The van der Waals surface area contributed by atoms with E-state index in [9.17, 15) is 14.7 Å². The zero-order chi connectivity index (χ0) is 17.3. The number of hydrazone groups is 1. The Morgan fingerprint density at radius 3 is 2.75 bits per heavy atom. The van der Waals surface area contributed by atoms with E-state index in [2.05, 4.69) is 22.1 Å². The molecule has 1 aliphatic heterocycles. The molecule has 0 saturated heterocycles. The van der Waals surface area contributed by atoms with Gasteiger partial charge in [-0.05, 0) is 17.7 Å². The lowest BCUT2D eigenvalue weighted by molar-refractivity contribution is 0.409. The standard InChI is InChI=1S/C16H15ClN4O3/c1-2-7-21-15(23)13(14(22)18-16(21)24)12-8-11(19-20-12)9-3-5-10(17)6-4-9/h2-6,11,19,23H,1,7-8H2,(H,18,22,24)/t11-/m0/s1. The summed E-state index contributed by atoms with van der Waals surface area (Å²) in [5.74, 6) is -0.416. The first kappa shape index (κ1) is 16.1. The zero-order valence-corrected chi connectivity index (χ0v) is 13.4. The number of benzene rings is 1. The topological polar surface area (TPSA) is 99.5 Å². The van der Waals surface area contributed by atoms with Crippen LogP contribution in [0, 0.1) is 0 Å². The summed E-state index contributed by atoms with van der Waals surface area (Å²) in [5, 5.41) is 15.1. The molecule has 3 N–H and O–H groups in total. The van der Waals surface area contributed by atoms with Gasteiger partial charge in [0, 0.05) is 18.0 Å². The van der Waals surface area contributed by atoms with Crippen LogP contribution in [0.2, 0.25) is 5.02 Å². The van der Waals surface area contributed by atoms with Gasteiger partial charge in [-0.15, -0.1) is 6.58 Å². The van der Waals surface area contributed by atoms with Crippen LogP contribution < -0.4 is 16.7 Å². The van der Waals surface area contributed by atoms with Gasteiger partial charge in [-0.1, -0.05) is 29.8 Å². The van der Waals surface area contributed by atoms with Crippen LogP contribution in [0.1, 0.15) is 23.6 Å². The van der Waals surface area contributed by atoms with E-state index in [1.807, 2.05) is 12.1 Å². The number of aromatic hydroxyl groups is 1. The number of H-pyrrole nitrogens is 1. The second-order valence-electron chi connectivity index (χ2n) is 5.35. The molecule has 1 aromatic carbocycles. The minimum Gasteiger partial charge on any atom is -0.494 e. The molecule has 8 heteroatoms. The van der Waals surface area contributed by atoms with Gasteiger partial charge >= 0.3 is 5.69 Å². The first-order valence-electron chi connectivity index (χ1n) is 7.26. The molecule has 0 saturated carbocycles. The van der Waals surface area contributed by atoms with Gasteiger partial charge in [-0.2, -0.15) is 5.10 Å². The molecule has 1 atom stereocenters. The van der Waals surface area contributed by atoms with E-state index in [1.54, 1.807) is 12.1 Å². The van der Waals surface area contributed by atoms with Crippen molar-refractivity contribution in [3.63, 3.8) is 0 Å². The predicted octanol–water partition coefficient (Wildman–Crippen LogP) is 1.52. The van der Waals surface area contributed by atoms with Crippen molar-refractivity contribution in [2.24, 2.45) is 5.10 Å². The summed E-state index contributed by atoms with van der Waals surface area (Å²) < 4.78 is 1.03. The second-order valence-corrected chi connectivity index (χ2v) is 5.79. The predicted molar refractivity (Wildman–Crippen MR) is 91.7 cm³/mol. The summed E-state index contributed by atoms with van der Waals surface area (Å²) in [6.07, 6.45) is 1.85. The molecule has 0 unspecified atom stereocenters. The first-order valence-corrected chi connectivity index (χ1v) is 7.64. The van der Waals surface area contributed by atoms with Crippen LogP contribution >= 0.6 is 11.6 Å². The second kappa shape index (κ2) is 6.37. The van der Waals surface area contributed by atoms with E-state index in [0.29, 0.717) is 17.2 Å². The number of nitrogens with one attached hydrogen (secondary N) is 2. The minimum atomic E-state index is -0.693. The van der Waals surface area contributed by atoms with Crippen molar-refractivity contribution in [2.75, 3.05) is 0 Å².